The van der Waals surface area contributed by atoms with Gasteiger partial charge in [0.2, 0.25) is 0 Å². The van der Waals surface area contributed by atoms with Crippen molar-refractivity contribution >= 4 is 23.0 Å². The molecule has 0 saturated heterocycles. The van der Waals surface area contributed by atoms with Gasteiger partial charge < -0.3 is 10.1 Å². The standard InChI is InChI=1S/C16H15FN2O4/c1-10(2)23-16(20)11-3-8-14(15(9-11)19(21)22)18-13-6-4-12(17)5-7-13/h3-10,18H,1-2H3. The van der Waals surface area contributed by atoms with Crippen LogP contribution < -0.4 is 5.32 Å². The Kier molecular flexibility index (Phi) is 4.90. The largest absolute Gasteiger partial charge is 0.459 e. The number of hydrogen-bond donors (Lipinski definition) is 1. The Bertz CT molecular complexity index is 729. The highest BCUT2D eigenvalue weighted by atomic mass is 19.1. The second-order valence-electron chi connectivity index (χ2n) is 5.07. The van der Waals surface area contributed by atoms with Crippen molar-refractivity contribution in [3.05, 3.63) is 64.0 Å². The molecule has 23 heavy (non-hydrogen) atoms. The molecule has 0 aliphatic carbocycles. The van der Waals surface area contributed by atoms with Crippen molar-refractivity contribution in [2.45, 2.75) is 20.0 Å². The van der Waals surface area contributed by atoms with Gasteiger partial charge in [0, 0.05) is 11.8 Å². The lowest BCUT2D eigenvalue weighted by molar-refractivity contribution is -0.383. The number of nitrogens with one attached hydrogen (secondary N) is 1. The van der Waals surface area contributed by atoms with Gasteiger partial charge in [0.25, 0.3) is 5.69 Å². The van der Waals surface area contributed by atoms with Gasteiger partial charge in [-0.2, -0.15) is 0 Å². The Labute approximate surface area is 132 Å². The number of hydrogen-bond acceptors (Lipinski definition) is 5. The minimum Gasteiger partial charge on any atom is -0.459 e. The Morgan fingerprint density at radius 3 is 2.43 bits per heavy atom. The fraction of sp³-hybridized carbons (Fsp3) is 0.188. The van der Waals surface area contributed by atoms with Gasteiger partial charge >= 0.3 is 5.97 Å². The van der Waals surface area contributed by atoms with Gasteiger partial charge in [0.05, 0.1) is 16.6 Å². The molecule has 2 rings (SSSR count). The number of ether oxygens (including phenoxy) is 1. The van der Waals surface area contributed by atoms with Gasteiger partial charge in [-0.15, -0.1) is 0 Å². The average molecular weight is 318 g/mol. The van der Waals surface area contributed by atoms with Crippen LogP contribution in [0, 0.1) is 15.9 Å². The third-order valence-corrected chi connectivity index (χ3v) is 2.90. The number of nitro benzene ring substituents is 1. The first-order valence-electron chi connectivity index (χ1n) is 6.89. The maximum atomic E-state index is 12.9. The van der Waals surface area contributed by atoms with E-state index >= 15 is 0 Å². The third-order valence-electron chi connectivity index (χ3n) is 2.90. The van der Waals surface area contributed by atoms with Crippen LogP contribution in [0.25, 0.3) is 0 Å². The van der Waals surface area contributed by atoms with Crippen molar-refractivity contribution < 1.29 is 18.8 Å². The summed E-state index contributed by atoms with van der Waals surface area (Å²) in [5.41, 5.74) is 0.511. The van der Waals surface area contributed by atoms with E-state index in [1.165, 1.54) is 36.4 Å². The first kappa shape index (κ1) is 16.4. The van der Waals surface area contributed by atoms with Crippen LogP contribution in [-0.4, -0.2) is 17.0 Å². The molecule has 2 aromatic carbocycles. The number of carbonyl (C=O) groups is 1. The summed E-state index contributed by atoms with van der Waals surface area (Å²) in [7, 11) is 0. The van der Waals surface area contributed by atoms with Crippen molar-refractivity contribution in [2.24, 2.45) is 0 Å². The number of anilines is 2. The van der Waals surface area contributed by atoms with E-state index in [0.717, 1.165) is 6.07 Å². The first-order valence-corrected chi connectivity index (χ1v) is 6.89. The molecule has 120 valence electrons. The molecule has 0 atom stereocenters. The van der Waals surface area contributed by atoms with Gasteiger partial charge in [0.1, 0.15) is 11.5 Å². The zero-order valence-electron chi connectivity index (χ0n) is 12.6. The lowest BCUT2D eigenvalue weighted by Gasteiger charge is -2.10. The zero-order chi connectivity index (χ0) is 17.0. The van der Waals surface area contributed by atoms with Crippen molar-refractivity contribution in [3.63, 3.8) is 0 Å². The molecular weight excluding hydrogens is 303 g/mol. The van der Waals surface area contributed by atoms with Crippen molar-refractivity contribution in [1.29, 1.82) is 0 Å². The summed E-state index contributed by atoms with van der Waals surface area (Å²) >= 11 is 0. The summed E-state index contributed by atoms with van der Waals surface area (Å²) in [6, 6.07) is 9.39. The third kappa shape index (κ3) is 4.26. The molecule has 0 bridgehead atoms. The average Bonchev–Trinajstić information content (AvgIpc) is 2.49. The zero-order valence-corrected chi connectivity index (χ0v) is 12.6. The van der Waals surface area contributed by atoms with Crippen LogP contribution >= 0.6 is 0 Å². The number of esters is 1. The molecule has 0 aromatic heterocycles. The van der Waals surface area contributed by atoms with E-state index in [9.17, 15) is 19.3 Å². The van der Waals surface area contributed by atoms with E-state index < -0.39 is 16.7 Å². The van der Waals surface area contributed by atoms with Gasteiger partial charge in [-0.1, -0.05) is 0 Å². The first-order chi connectivity index (χ1) is 10.9. The summed E-state index contributed by atoms with van der Waals surface area (Å²) in [5.74, 6) is -1.03. The van der Waals surface area contributed by atoms with Crippen LogP contribution in [0.15, 0.2) is 42.5 Å². The number of nitrogens with zero attached hydrogens (tertiary/aromatic N) is 1. The molecule has 0 fully saturated rings. The van der Waals surface area contributed by atoms with Crippen LogP contribution in [0.3, 0.4) is 0 Å². The molecule has 0 aliphatic rings. The van der Waals surface area contributed by atoms with Crippen LogP contribution in [0.2, 0.25) is 0 Å². The molecule has 0 aliphatic heterocycles. The normalized spacial score (nSPS) is 10.4. The van der Waals surface area contributed by atoms with Gasteiger partial charge in [-0.3, -0.25) is 10.1 Å². The second kappa shape index (κ2) is 6.87. The molecule has 7 heteroatoms. The number of rotatable bonds is 5. The number of halogens is 1. The molecule has 0 saturated carbocycles. The van der Waals surface area contributed by atoms with Crippen LogP contribution in [0.1, 0.15) is 24.2 Å². The SMILES string of the molecule is CC(C)OC(=O)c1ccc(Nc2ccc(F)cc2)c([N+](=O)[O-])c1. The highest BCUT2D eigenvalue weighted by Gasteiger charge is 2.19. The number of carbonyl (C=O) groups excluding carboxylic acids is 1. The lowest BCUT2D eigenvalue weighted by atomic mass is 10.1. The molecule has 0 amide bonds. The van der Waals surface area contributed by atoms with Gasteiger partial charge in [-0.25, -0.2) is 9.18 Å². The fourth-order valence-corrected chi connectivity index (χ4v) is 1.89. The minimum absolute atomic E-state index is 0.0926. The molecule has 1 N–H and O–H groups in total. The predicted molar refractivity (Wildman–Crippen MR) is 83.3 cm³/mol. The van der Waals surface area contributed by atoms with Crippen LogP contribution in [-0.2, 0) is 4.74 Å². The summed E-state index contributed by atoms with van der Waals surface area (Å²) in [6.07, 6.45) is -0.321. The minimum atomic E-state index is -0.628. The molecule has 0 unspecified atom stereocenters. The maximum absolute atomic E-state index is 12.9. The second-order valence-corrected chi connectivity index (χ2v) is 5.07. The number of nitro groups is 1. The summed E-state index contributed by atoms with van der Waals surface area (Å²) in [6.45, 7) is 3.38. The van der Waals surface area contributed by atoms with Crippen molar-refractivity contribution in [2.75, 3.05) is 5.32 Å². The smallest absolute Gasteiger partial charge is 0.338 e. The van der Waals surface area contributed by atoms with Gasteiger partial charge in [-0.05, 0) is 50.2 Å². The quantitative estimate of drug-likeness (QED) is 0.511. The van der Waals surface area contributed by atoms with Crippen LogP contribution in [0.5, 0.6) is 0 Å². The lowest BCUT2D eigenvalue weighted by Crippen LogP contribution is -2.12. The molecular formula is C16H15FN2O4. The Hall–Kier alpha value is -2.96. The number of benzene rings is 2. The van der Waals surface area contributed by atoms with E-state index in [2.05, 4.69) is 5.32 Å². The summed E-state index contributed by atoms with van der Waals surface area (Å²) < 4.78 is 17.9. The highest BCUT2D eigenvalue weighted by molar-refractivity contribution is 5.91. The molecule has 0 heterocycles. The predicted octanol–water partition coefficient (Wildman–Crippen LogP) is 4.04. The Balaban J connectivity index is 2.31. The van der Waals surface area contributed by atoms with Crippen molar-refractivity contribution in [1.82, 2.24) is 0 Å². The molecule has 6 nitrogen and oxygen atoms in total. The Morgan fingerprint density at radius 1 is 1.22 bits per heavy atom. The van der Waals surface area contributed by atoms with Gasteiger partial charge in [0.15, 0.2) is 0 Å². The van der Waals surface area contributed by atoms with E-state index in [1.54, 1.807) is 13.8 Å². The topological polar surface area (TPSA) is 81.5 Å². The van der Waals surface area contributed by atoms with Crippen LogP contribution in [0.4, 0.5) is 21.5 Å². The molecule has 0 radical (unpaired) electrons. The van der Waals surface area contributed by atoms with Crippen molar-refractivity contribution in [3.8, 4) is 0 Å². The highest BCUT2D eigenvalue weighted by Crippen LogP contribution is 2.29. The summed E-state index contributed by atoms with van der Waals surface area (Å²) in [4.78, 5) is 22.4. The molecule has 0 spiro atoms. The molecule has 2 aromatic rings. The monoisotopic (exact) mass is 318 g/mol. The fourth-order valence-electron chi connectivity index (χ4n) is 1.89. The van der Waals surface area contributed by atoms with E-state index in [-0.39, 0.29) is 23.0 Å². The van der Waals surface area contributed by atoms with E-state index in [1.807, 2.05) is 0 Å². The Morgan fingerprint density at radius 2 is 1.87 bits per heavy atom. The van der Waals surface area contributed by atoms with E-state index in [4.69, 9.17) is 4.74 Å². The maximum Gasteiger partial charge on any atom is 0.338 e. The summed E-state index contributed by atoms with van der Waals surface area (Å²) in [5, 5.41) is 14.0. The van der Waals surface area contributed by atoms with E-state index in [0.29, 0.717) is 5.69 Å².